The number of aryl methyl sites for hydroxylation is 1. The maximum absolute atomic E-state index is 12.5. The molecule has 1 aromatic heterocycles. The first-order valence-electron chi connectivity index (χ1n) is 9.10. The highest BCUT2D eigenvalue weighted by Crippen LogP contribution is 2.29. The molecule has 0 radical (unpaired) electrons. The summed E-state index contributed by atoms with van der Waals surface area (Å²) in [4.78, 5) is 27.0. The number of esters is 1. The number of quaternary nitrogens is 1. The van der Waals surface area contributed by atoms with Gasteiger partial charge < -0.3 is 15.0 Å². The summed E-state index contributed by atoms with van der Waals surface area (Å²) in [7, 11) is 0. The van der Waals surface area contributed by atoms with E-state index in [1.54, 1.807) is 6.92 Å². The van der Waals surface area contributed by atoms with Crippen LogP contribution in [0.25, 0.3) is 0 Å². The summed E-state index contributed by atoms with van der Waals surface area (Å²) < 4.78 is 5.11. The van der Waals surface area contributed by atoms with Gasteiger partial charge in [-0.25, -0.2) is 4.79 Å². The predicted octanol–water partition coefficient (Wildman–Crippen LogP) is 2.07. The zero-order valence-corrected chi connectivity index (χ0v) is 16.1. The number of amides is 1. The van der Waals surface area contributed by atoms with E-state index in [0.29, 0.717) is 23.7 Å². The Balaban J connectivity index is 1.65. The molecule has 0 saturated carbocycles. The van der Waals surface area contributed by atoms with E-state index in [1.807, 2.05) is 19.1 Å². The Morgan fingerprint density at radius 3 is 2.73 bits per heavy atom. The van der Waals surface area contributed by atoms with E-state index < -0.39 is 0 Å². The van der Waals surface area contributed by atoms with Crippen molar-refractivity contribution in [2.24, 2.45) is 0 Å². The van der Waals surface area contributed by atoms with E-state index in [-0.39, 0.29) is 11.9 Å². The third kappa shape index (κ3) is 4.31. The summed E-state index contributed by atoms with van der Waals surface area (Å²) in [6.45, 7) is 6.33. The molecule has 6 heteroatoms. The lowest BCUT2D eigenvalue weighted by Crippen LogP contribution is -3.12. The molecule has 0 fully saturated rings. The first kappa shape index (κ1) is 18.6. The second kappa shape index (κ2) is 8.47. The van der Waals surface area contributed by atoms with Crippen molar-refractivity contribution < 1.29 is 19.2 Å². The highest BCUT2D eigenvalue weighted by molar-refractivity contribution is 7.16. The number of hydrogen-bond donors (Lipinski definition) is 2. The molecule has 1 amide bonds. The largest absolute Gasteiger partial charge is 0.462 e. The molecule has 1 unspecified atom stereocenters. The van der Waals surface area contributed by atoms with Gasteiger partial charge in [-0.3, -0.25) is 4.79 Å². The number of hydrogen-bond acceptors (Lipinski definition) is 4. The van der Waals surface area contributed by atoms with Crippen molar-refractivity contribution in [1.29, 1.82) is 0 Å². The van der Waals surface area contributed by atoms with E-state index in [2.05, 4.69) is 23.5 Å². The quantitative estimate of drug-likeness (QED) is 0.762. The molecule has 1 aliphatic heterocycles. The smallest absolute Gasteiger partial charge is 0.341 e. The Labute approximate surface area is 158 Å². The van der Waals surface area contributed by atoms with Crippen LogP contribution in [-0.2, 0) is 28.9 Å². The summed E-state index contributed by atoms with van der Waals surface area (Å²) in [6.07, 6.45) is 1.81. The molecule has 0 bridgehead atoms. The van der Waals surface area contributed by atoms with E-state index in [0.717, 1.165) is 30.8 Å². The monoisotopic (exact) mass is 373 g/mol. The average Bonchev–Trinajstić information content (AvgIpc) is 3.04. The van der Waals surface area contributed by atoms with Gasteiger partial charge in [-0.2, -0.15) is 0 Å². The van der Waals surface area contributed by atoms with Crippen molar-refractivity contribution in [3.63, 3.8) is 0 Å². The molecule has 1 aliphatic rings. The summed E-state index contributed by atoms with van der Waals surface area (Å²) in [6, 6.07) is 10.2. The number of ether oxygens (including phenoxy) is 1. The molecule has 0 aliphatic carbocycles. The maximum Gasteiger partial charge on any atom is 0.341 e. The van der Waals surface area contributed by atoms with Crippen LogP contribution in [-0.4, -0.2) is 31.6 Å². The van der Waals surface area contributed by atoms with Gasteiger partial charge in [-0.05, 0) is 25.0 Å². The van der Waals surface area contributed by atoms with E-state index in [1.165, 1.54) is 27.4 Å². The van der Waals surface area contributed by atoms with Gasteiger partial charge in [0.15, 0.2) is 6.54 Å². The second-order valence-corrected chi connectivity index (χ2v) is 7.59. The fraction of sp³-hybridized carbons (Fsp3) is 0.400. The van der Waals surface area contributed by atoms with Crippen molar-refractivity contribution in [2.75, 3.05) is 25.0 Å². The van der Waals surface area contributed by atoms with E-state index >= 15 is 0 Å². The highest BCUT2D eigenvalue weighted by atomic mass is 32.1. The summed E-state index contributed by atoms with van der Waals surface area (Å²) in [5.74, 6) is -0.438. The lowest BCUT2D eigenvalue weighted by molar-refractivity contribution is -0.907. The number of thiophene rings is 1. The lowest BCUT2D eigenvalue weighted by atomic mass is 10.00. The van der Waals surface area contributed by atoms with Crippen LogP contribution in [0.2, 0.25) is 0 Å². The maximum atomic E-state index is 12.5. The van der Waals surface area contributed by atoms with Crippen LogP contribution in [0, 0.1) is 0 Å². The third-order valence-electron chi connectivity index (χ3n) is 4.60. The fourth-order valence-electron chi connectivity index (χ4n) is 3.26. The minimum absolute atomic E-state index is 0.0607. The van der Waals surface area contributed by atoms with Crippen LogP contribution in [0.1, 0.15) is 40.2 Å². The minimum atomic E-state index is -0.377. The first-order chi connectivity index (χ1) is 12.6. The van der Waals surface area contributed by atoms with Crippen molar-refractivity contribution in [2.45, 2.75) is 33.2 Å². The fourth-order valence-corrected chi connectivity index (χ4v) is 4.26. The third-order valence-corrected chi connectivity index (χ3v) is 5.79. The molecule has 26 heavy (non-hydrogen) atoms. The molecule has 0 spiro atoms. The topological polar surface area (TPSA) is 59.8 Å². The van der Waals surface area contributed by atoms with Gasteiger partial charge in [0.05, 0.1) is 18.7 Å². The van der Waals surface area contributed by atoms with Crippen molar-refractivity contribution in [3.05, 3.63) is 51.9 Å². The molecular weight excluding hydrogens is 348 g/mol. The van der Waals surface area contributed by atoms with Gasteiger partial charge in [0.2, 0.25) is 0 Å². The van der Waals surface area contributed by atoms with E-state index in [4.69, 9.17) is 4.74 Å². The number of fused-ring (bicyclic) bond motifs is 1. The van der Waals surface area contributed by atoms with Gasteiger partial charge in [-0.1, -0.05) is 31.2 Å². The van der Waals surface area contributed by atoms with Crippen molar-refractivity contribution in [1.82, 2.24) is 0 Å². The molecule has 0 saturated heterocycles. The Hall–Kier alpha value is -2.18. The first-order valence-corrected chi connectivity index (χ1v) is 9.92. The van der Waals surface area contributed by atoms with Crippen LogP contribution in [0.4, 0.5) is 5.00 Å². The van der Waals surface area contributed by atoms with E-state index in [9.17, 15) is 9.59 Å². The van der Waals surface area contributed by atoms with Crippen molar-refractivity contribution in [3.8, 4) is 0 Å². The molecule has 2 heterocycles. The summed E-state index contributed by atoms with van der Waals surface area (Å²) >= 11 is 1.45. The number of anilines is 1. The number of benzene rings is 1. The van der Waals surface area contributed by atoms with Gasteiger partial charge >= 0.3 is 5.97 Å². The number of carbonyl (C=O) groups is 2. The van der Waals surface area contributed by atoms with Crippen LogP contribution < -0.4 is 10.2 Å². The summed E-state index contributed by atoms with van der Waals surface area (Å²) in [5.41, 5.74) is 3.16. The molecule has 1 atom stereocenters. The lowest BCUT2D eigenvalue weighted by Gasteiger charge is -2.25. The molecule has 3 rings (SSSR count). The Morgan fingerprint density at radius 2 is 2.00 bits per heavy atom. The molecular formula is C20H25N2O3S+. The molecule has 2 N–H and O–H groups in total. The van der Waals surface area contributed by atoms with Crippen LogP contribution in [0.5, 0.6) is 0 Å². The Kier molecular flexibility index (Phi) is 6.06. The Morgan fingerprint density at radius 1 is 1.23 bits per heavy atom. The van der Waals surface area contributed by atoms with Crippen molar-refractivity contribution >= 4 is 28.2 Å². The standard InChI is InChI=1S/C20H24N2O3S/c1-3-16-11-17(20(24)25-4-2)19(26-16)21-18(23)13-22-10-9-14-7-5-6-8-15(14)12-22/h5-8,11H,3-4,9-10,12-13H2,1-2H3,(H,21,23)/p+1. The summed E-state index contributed by atoms with van der Waals surface area (Å²) in [5, 5.41) is 3.53. The normalized spacial score (nSPS) is 16.0. The molecule has 2 aromatic rings. The molecule has 5 nitrogen and oxygen atoms in total. The van der Waals surface area contributed by atoms with Crippen LogP contribution >= 0.6 is 11.3 Å². The highest BCUT2D eigenvalue weighted by Gasteiger charge is 2.23. The van der Waals surface area contributed by atoms with Gasteiger partial charge in [-0.15, -0.1) is 11.3 Å². The van der Waals surface area contributed by atoms with Crippen LogP contribution in [0.3, 0.4) is 0 Å². The SMILES string of the molecule is CCOC(=O)c1cc(CC)sc1NC(=O)C[NH+]1CCc2ccccc2C1. The van der Waals surface area contributed by atoms with Gasteiger partial charge in [0, 0.05) is 16.9 Å². The van der Waals surface area contributed by atoms with Gasteiger partial charge in [0.1, 0.15) is 11.5 Å². The second-order valence-electron chi connectivity index (χ2n) is 6.45. The molecule has 138 valence electrons. The van der Waals surface area contributed by atoms with Gasteiger partial charge in [0.25, 0.3) is 5.91 Å². The Bertz CT molecular complexity index is 800. The van der Waals surface area contributed by atoms with Crippen LogP contribution in [0.15, 0.2) is 30.3 Å². The zero-order chi connectivity index (χ0) is 18.5. The molecule has 1 aromatic carbocycles. The number of carbonyl (C=O) groups excluding carboxylic acids is 2. The number of rotatable bonds is 6. The minimum Gasteiger partial charge on any atom is -0.462 e. The average molecular weight is 373 g/mol. The number of nitrogens with one attached hydrogen (secondary N) is 2. The predicted molar refractivity (Wildman–Crippen MR) is 103 cm³/mol. The zero-order valence-electron chi connectivity index (χ0n) is 15.3.